The summed E-state index contributed by atoms with van der Waals surface area (Å²) < 4.78 is 14.0. The quantitative estimate of drug-likeness (QED) is 0.724. The van der Waals surface area contributed by atoms with Gasteiger partial charge in [-0.2, -0.15) is 11.8 Å². The molecule has 2 atom stereocenters. The predicted octanol–water partition coefficient (Wildman–Crippen LogP) is 2.21. The Kier molecular flexibility index (Phi) is 3.41. The number of rotatable bonds is 2. The van der Waals surface area contributed by atoms with Crippen molar-refractivity contribution in [2.45, 2.75) is 38.4 Å². The highest BCUT2D eigenvalue weighted by Crippen LogP contribution is 2.35. The molecular weight excluding hydrogens is 173 g/mol. The van der Waals surface area contributed by atoms with Crippen molar-refractivity contribution in [3.05, 3.63) is 0 Å². The van der Waals surface area contributed by atoms with E-state index in [0.717, 1.165) is 24.3 Å². The first-order valence-corrected chi connectivity index (χ1v) is 5.73. The molecule has 1 aliphatic heterocycles. The van der Waals surface area contributed by atoms with Gasteiger partial charge in [-0.25, -0.2) is 4.39 Å². The average molecular weight is 191 g/mol. The summed E-state index contributed by atoms with van der Waals surface area (Å²) >= 11 is 1.92. The number of halogens is 1. The summed E-state index contributed by atoms with van der Waals surface area (Å²) in [6.07, 6.45) is 1.97. The van der Waals surface area contributed by atoms with Crippen molar-refractivity contribution >= 4 is 11.8 Å². The molecule has 0 aromatic heterocycles. The number of thioether (sulfide) groups is 1. The van der Waals surface area contributed by atoms with E-state index in [0.29, 0.717) is 0 Å². The summed E-state index contributed by atoms with van der Waals surface area (Å²) in [5.41, 5.74) is 4.45. The Morgan fingerprint density at radius 2 is 2.00 bits per heavy atom. The molecule has 1 fully saturated rings. The van der Waals surface area contributed by atoms with E-state index in [1.807, 2.05) is 11.8 Å². The van der Waals surface area contributed by atoms with E-state index in [1.165, 1.54) is 0 Å². The van der Waals surface area contributed by atoms with Crippen LogP contribution in [0.15, 0.2) is 0 Å². The molecular formula is C9H18FNS. The van der Waals surface area contributed by atoms with Crippen LogP contribution in [-0.4, -0.2) is 23.2 Å². The Balaban J connectivity index is 2.53. The molecule has 0 aliphatic carbocycles. The van der Waals surface area contributed by atoms with Crippen molar-refractivity contribution in [1.82, 2.24) is 0 Å². The minimum absolute atomic E-state index is 0.179. The van der Waals surface area contributed by atoms with E-state index >= 15 is 0 Å². The van der Waals surface area contributed by atoms with E-state index in [9.17, 15) is 4.39 Å². The van der Waals surface area contributed by atoms with Crippen molar-refractivity contribution in [3.63, 3.8) is 0 Å². The van der Waals surface area contributed by atoms with Gasteiger partial charge in [-0.15, -0.1) is 0 Å². The average Bonchev–Trinajstić information content (AvgIpc) is 2.06. The molecule has 0 amide bonds. The third-order valence-electron chi connectivity index (χ3n) is 2.91. The molecule has 1 saturated heterocycles. The Bertz CT molecular complexity index is 141. The van der Waals surface area contributed by atoms with Gasteiger partial charge >= 0.3 is 0 Å². The number of alkyl halides is 1. The smallest absolute Gasteiger partial charge is 0.125 e. The lowest BCUT2D eigenvalue weighted by molar-refractivity contribution is 0.0714. The lowest BCUT2D eigenvalue weighted by Crippen LogP contribution is -2.46. The van der Waals surface area contributed by atoms with E-state index in [1.54, 1.807) is 13.8 Å². The van der Waals surface area contributed by atoms with Gasteiger partial charge < -0.3 is 5.73 Å². The van der Waals surface area contributed by atoms with Gasteiger partial charge in [-0.05, 0) is 44.1 Å². The number of hydrogen-bond donors (Lipinski definition) is 1. The molecule has 0 saturated carbocycles. The molecule has 0 aromatic rings. The Hall–Kier alpha value is 0.240. The summed E-state index contributed by atoms with van der Waals surface area (Å²) in [7, 11) is 0. The monoisotopic (exact) mass is 191 g/mol. The van der Waals surface area contributed by atoms with Gasteiger partial charge in [-0.3, -0.25) is 0 Å². The van der Waals surface area contributed by atoms with Crippen LogP contribution >= 0.6 is 11.8 Å². The summed E-state index contributed by atoms with van der Waals surface area (Å²) in [5, 5.41) is 0. The molecule has 3 heteroatoms. The van der Waals surface area contributed by atoms with Crippen molar-refractivity contribution < 1.29 is 4.39 Å². The molecule has 12 heavy (non-hydrogen) atoms. The zero-order valence-corrected chi connectivity index (χ0v) is 8.66. The third-order valence-corrected chi connectivity index (χ3v) is 3.96. The van der Waals surface area contributed by atoms with E-state index < -0.39 is 5.67 Å². The van der Waals surface area contributed by atoms with E-state index in [-0.39, 0.29) is 12.0 Å². The third kappa shape index (κ3) is 2.13. The van der Waals surface area contributed by atoms with Crippen LogP contribution in [0.2, 0.25) is 0 Å². The van der Waals surface area contributed by atoms with Crippen LogP contribution in [0.4, 0.5) is 4.39 Å². The SMILES string of the molecule is CC(N)C(C)(F)C1CCSCC1. The fourth-order valence-corrected chi connectivity index (χ4v) is 2.74. The molecule has 0 bridgehead atoms. The standard InChI is InChI=1S/C9H18FNS/c1-7(11)9(2,10)8-3-5-12-6-4-8/h7-8H,3-6,11H2,1-2H3. The van der Waals surface area contributed by atoms with Crippen molar-refractivity contribution in [1.29, 1.82) is 0 Å². The predicted molar refractivity (Wildman–Crippen MR) is 53.2 cm³/mol. The Morgan fingerprint density at radius 1 is 1.50 bits per heavy atom. The first kappa shape index (κ1) is 10.3. The molecule has 2 N–H and O–H groups in total. The van der Waals surface area contributed by atoms with E-state index in [4.69, 9.17) is 5.73 Å². The zero-order valence-electron chi connectivity index (χ0n) is 7.85. The molecule has 0 radical (unpaired) electrons. The zero-order chi connectivity index (χ0) is 9.19. The fourth-order valence-electron chi connectivity index (χ4n) is 1.63. The van der Waals surface area contributed by atoms with Gasteiger partial charge in [-0.1, -0.05) is 0 Å². The lowest BCUT2D eigenvalue weighted by Gasteiger charge is -2.35. The van der Waals surface area contributed by atoms with Gasteiger partial charge in [0.15, 0.2) is 0 Å². The topological polar surface area (TPSA) is 26.0 Å². The maximum absolute atomic E-state index is 14.0. The summed E-state index contributed by atoms with van der Waals surface area (Å²) in [4.78, 5) is 0. The molecule has 1 heterocycles. The molecule has 1 aliphatic rings. The summed E-state index contributed by atoms with van der Waals surface area (Å²) in [6, 6.07) is -0.342. The van der Waals surface area contributed by atoms with Crippen LogP contribution in [-0.2, 0) is 0 Å². The second-order valence-corrected chi connectivity index (χ2v) is 5.05. The molecule has 1 rings (SSSR count). The molecule has 72 valence electrons. The Morgan fingerprint density at radius 3 is 2.42 bits per heavy atom. The maximum atomic E-state index is 14.0. The maximum Gasteiger partial charge on any atom is 0.125 e. The van der Waals surface area contributed by atoms with Crippen LogP contribution in [0.5, 0.6) is 0 Å². The number of hydrogen-bond acceptors (Lipinski definition) is 2. The van der Waals surface area contributed by atoms with Crippen molar-refractivity contribution in [2.75, 3.05) is 11.5 Å². The first-order valence-electron chi connectivity index (χ1n) is 4.57. The lowest BCUT2D eigenvalue weighted by atomic mass is 9.82. The summed E-state index contributed by atoms with van der Waals surface area (Å²) in [5.74, 6) is 2.37. The van der Waals surface area contributed by atoms with Crippen LogP contribution in [0.3, 0.4) is 0 Å². The second kappa shape index (κ2) is 3.97. The highest BCUT2D eigenvalue weighted by atomic mass is 32.2. The van der Waals surface area contributed by atoms with Gasteiger partial charge in [0.25, 0.3) is 0 Å². The van der Waals surface area contributed by atoms with Crippen molar-refractivity contribution in [2.24, 2.45) is 11.7 Å². The molecule has 1 nitrogen and oxygen atoms in total. The van der Waals surface area contributed by atoms with Crippen LogP contribution in [0.1, 0.15) is 26.7 Å². The van der Waals surface area contributed by atoms with E-state index in [2.05, 4.69) is 0 Å². The first-order chi connectivity index (χ1) is 5.55. The van der Waals surface area contributed by atoms with Gasteiger partial charge in [0.2, 0.25) is 0 Å². The van der Waals surface area contributed by atoms with Crippen LogP contribution < -0.4 is 5.73 Å². The highest BCUT2D eigenvalue weighted by molar-refractivity contribution is 7.99. The fraction of sp³-hybridized carbons (Fsp3) is 1.00. The van der Waals surface area contributed by atoms with Gasteiger partial charge in [0.1, 0.15) is 5.67 Å². The minimum atomic E-state index is -1.17. The molecule has 2 unspecified atom stereocenters. The summed E-state index contributed by atoms with van der Waals surface area (Å²) in [6.45, 7) is 3.42. The Labute approximate surface area is 78.3 Å². The van der Waals surface area contributed by atoms with Gasteiger partial charge in [0.05, 0.1) is 0 Å². The number of nitrogens with two attached hydrogens (primary N) is 1. The second-order valence-electron chi connectivity index (χ2n) is 3.83. The van der Waals surface area contributed by atoms with Gasteiger partial charge in [0, 0.05) is 6.04 Å². The van der Waals surface area contributed by atoms with Crippen molar-refractivity contribution in [3.8, 4) is 0 Å². The normalized spacial score (nSPS) is 28.0. The minimum Gasteiger partial charge on any atom is -0.325 e. The molecule has 0 spiro atoms. The molecule has 0 aromatic carbocycles. The highest BCUT2D eigenvalue weighted by Gasteiger charge is 2.38. The largest absolute Gasteiger partial charge is 0.325 e. The van der Waals surface area contributed by atoms with Crippen LogP contribution in [0, 0.1) is 5.92 Å². The van der Waals surface area contributed by atoms with Crippen LogP contribution in [0.25, 0.3) is 0 Å².